The van der Waals surface area contributed by atoms with E-state index in [1.54, 1.807) is 16.8 Å². The van der Waals surface area contributed by atoms with Crippen LogP contribution in [0.15, 0.2) is 28.7 Å². The third-order valence-corrected chi connectivity index (χ3v) is 4.68. The van der Waals surface area contributed by atoms with Gasteiger partial charge in [0.25, 0.3) is 0 Å². The van der Waals surface area contributed by atoms with Gasteiger partial charge in [0.2, 0.25) is 5.91 Å². The molecule has 0 aromatic heterocycles. The molecule has 6 heteroatoms. The lowest BCUT2D eigenvalue weighted by atomic mass is 10.1. The average Bonchev–Trinajstić information content (AvgIpc) is 2.96. The average molecular weight is 397 g/mol. The Labute approximate surface area is 152 Å². The summed E-state index contributed by atoms with van der Waals surface area (Å²) < 4.78 is 6.40. The number of benzene rings is 1. The van der Waals surface area contributed by atoms with Crippen molar-refractivity contribution in [2.24, 2.45) is 0 Å². The molecule has 0 N–H and O–H groups in total. The van der Waals surface area contributed by atoms with Crippen molar-refractivity contribution >= 4 is 27.9 Å². The summed E-state index contributed by atoms with van der Waals surface area (Å²) in [4.78, 5) is 28.4. The van der Waals surface area contributed by atoms with Crippen molar-refractivity contribution in [3.05, 3.63) is 34.3 Å². The van der Waals surface area contributed by atoms with Crippen molar-refractivity contribution in [2.45, 2.75) is 51.8 Å². The predicted molar refractivity (Wildman–Crippen MR) is 96.6 cm³/mol. The van der Waals surface area contributed by atoms with Gasteiger partial charge in [-0.1, -0.05) is 34.1 Å². The summed E-state index contributed by atoms with van der Waals surface area (Å²) in [6, 6.07) is 7.38. The molecule has 0 saturated carbocycles. The fourth-order valence-electron chi connectivity index (χ4n) is 2.78. The molecule has 1 aliphatic rings. The van der Waals surface area contributed by atoms with Crippen LogP contribution in [0.2, 0.25) is 0 Å². The number of nitrogens with zero attached hydrogens (tertiary/aromatic N) is 2. The van der Waals surface area contributed by atoms with E-state index >= 15 is 0 Å². The number of carbonyl (C=O) groups is 2. The minimum Gasteiger partial charge on any atom is -0.444 e. The van der Waals surface area contributed by atoms with Gasteiger partial charge in [0.05, 0.1) is 0 Å². The summed E-state index contributed by atoms with van der Waals surface area (Å²) in [5, 5.41) is 0. The van der Waals surface area contributed by atoms with Crippen LogP contribution >= 0.6 is 15.9 Å². The number of ether oxygens (including phenoxy) is 1. The highest BCUT2D eigenvalue weighted by atomic mass is 79.9. The van der Waals surface area contributed by atoms with Gasteiger partial charge in [-0.3, -0.25) is 9.69 Å². The van der Waals surface area contributed by atoms with Crippen LogP contribution in [0.3, 0.4) is 0 Å². The Balaban J connectivity index is 2.04. The van der Waals surface area contributed by atoms with Gasteiger partial charge in [-0.25, -0.2) is 4.79 Å². The van der Waals surface area contributed by atoms with Crippen molar-refractivity contribution < 1.29 is 14.3 Å². The maximum absolute atomic E-state index is 12.8. The van der Waals surface area contributed by atoms with Crippen molar-refractivity contribution in [3.8, 4) is 0 Å². The van der Waals surface area contributed by atoms with Crippen molar-refractivity contribution in [1.82, 2.24) is 9.80 Å². The summed E-state index contributed by atoms with van der Waals surface area (Å²) in [6.45, 7) is 6.55. The van der Waals surface area contributed by atoms with E-state index in [1.807, 2.05) is 45.0 Å². The molecule has 0 spiro atoms. The van der Waals surface area contributed by atoms with E-state index in [4.69, 9.17) is 4.74 Å². The lowest BCUT2D eigenvalue weighted by Gasteiger charge is -2.30. The van der Waals surface area contributed by atoms with E-state index < -0.39 is 17.7 Å². The molecule has 1 atom stereocenters. The molecule has 132 valence electrons. The lowest BCUT2D eigenvalue weighted by Crippen LogP contribution is -2.47. The fraction of sp³-hybridized carbons (Fsp3) is 0.556. The molecule has 2 amide bonds. The van der Waals surface area contributed by atoms with Crippen LogP contribution < -0.4 is 0 Å². The van der Waals surface area contributed by atoms with Crippen molar-refractivity contribution in [1.29, 1.82) is 0 Å². The number of halogens is 1. The molecule has 1 heterocycles. The molecule has 5 nitrogen and oxygen atoms in total. The van der Waals surface area contributed by atoms with Crippen molar-refractivity contribution in [3.63, 3.8) is 0 Å². The van der Waals surface area contributed by atoms with Crippen LogP contribution in [-0.4, -0.2) is 47.0 Å². The molecule has 1 unspecified atom stereocenters. The summed E-state index contributed by atoms with van der Waals surface area (Å²) in [7, 11) is 1.77. The van der Waals surface area contributed by atoms with Crippen LogP contribution in [0.1, 0.15) is 39.2 Å². The second-order valence-corrected chi connectivity index (χ2v) is 7.97. The molecule has 0 aliphatic carbocycles. The molecule has 1 aliphatic heterocycles. The second kappa shape index (κ2) is 7.55. The highest BCUT2D eigenvalue weighted by Gasteiger charge is 2.37. The molecule has 0 bridgehead atoms. The fourth-order valence-corrected chi connectivity index (χ4v) is 3.19. The van der Waals surface area contributed by atoms with Gasteiger partial charge in [-0.05, 0) is 45.2 Å². The van der Waals surface area contributed by atoms with Gasteiger partial charge in [-0.2, -0.15) is 0 Å². The zero-order valence-electron chi connectivity index (χ0n) is 14.7. The third kappa shape index (κ3) is 4.72. The van der Waals surface area contributed by atoms with Gasteiger partial charge in [0.15, 0.2) is 0 Å². The number of rotatable bonds is 3. The first-order valence-electron chi connectivity index (χ1n) is 8.17. The van der Waals surface area contributed by atoms with Gasteiger partial charge in [0.1, 0.15) is 11.6 Å². The minimum atomic E-state index is -0.561. The summed E-state index contributed by atoms with van der Waals surface area (Å²) >= 11 is 3.50. The van der Waals surface area contributed by atoms with Gasteiger partial charge in [0, 0.05) is 24.6 Å². The highest BCUT2D eigenvalue weighted by molar-refractivity contribution is 9.10. The Bertz CT molecular complexity index is 613. The number of hydrogen-bond acceptors (Lipinski definition) is 3. The second-order valence-electron chi connectivity index (χ2n) is 7.12. The summed E-state index contributed by atoms with van der Waals surface area (Å²) in [5.41, 5.74) is 0.476. The molecule has 24 heavy (non-hydrogen) atoms. The Hall–Kier alpha value is -1.56. The van der Waals surface area contributed by atoms with Crippen LogP contribution in [0, 0.1) is 0 Å². The Morgan fingerprint density at radius 2 is 2.00 bits per heavy atom. The Kier molecular flexibility index (Phi) is 5.91. The number of hydrogen-bond donors (Lipinski definition) is 0. The first kappa shape index (κ1) is 18.8. The SMILES string of the molecule is CN(Cc1ccccc1Br)C(=O)C1CCCN1C(=O)OC(C)(C)C. The molecule has 1 saturated heterocycles. The predicted octanol–water partition coefficient (Wildman–Crippen LogP) is 3.81. The standard InChI is InChI=1S/C18H25BrN2O3/c1-18(2,3)24-17(23)21-11-7-10-15(21)16(22)20(4)12-13-8-5-6-9-14(13)19/h5-6,8-9,15H,7,10-12H2,1-4H3. The molecule has 2 rings (SSSR count). The third-order valence-electron chi connectivity index (χ3n) is 3.91. The number of likely N-dealkylation sites (tertiary alicyclic amines) is 1. The van der Waals surface area contributed by atoms with E-state index in [0.29, 0.717) is 19.5 Å². The normalized spacial score (nSPS) is 17.7. The number of amides is 2. The summed E-state index contributed by atoms with van der Waals surface area (Å²) in [6.07, 6.45) is 1.09. The number of likely N-dealkylation sites (N-methyl/N-ethyl adjacent to an activating group) is 1. The van der Waals surface area contributed by atoms with Gasteiger partial charge < -0.3 is 9.64 Å². The monoisotopic (exact) mass is 396 g/mol. The number of carbonyl (C=O) groups excluding carboxylic acids is 2. The van der Waals surface area contributed by atoms with E-state index in [1.165, 1.54) is 0 Å². The molecule has 1 aromatic carbocycles. The minimum absolute atomic E-state index is 0.0471. The first-order chi connectivity index (χ1) is 11.2. The molecular weight excluding hydrogens is 372 g/mol. The Morgan fingerprint density at radius 3 is 2.62 bits per heavy atom. The maximum Gasteiger partial charge on any atom is 0.410 e. The van der Waals surface area contributed by atoms with E-state index in [0.717, 1.165) is 16.5 Å². The van der Waals surface area contributed by atoms with Crippen molar-refractivity contribution in [2.75, 3.05) is 13.6 Å². The lowest BCUT2D eigenvalue weighted by molar-refractivity contribution is -0.135. The van der Waals surface area contributed by atoms with Gasteiger partial charge >= 0.3 is 6.09 Å². The first-order valence-corrected chi connectivity index (χ1v) is 8.96. The summed E-state index contributed by atoms with van der Waals surface area (Å²) in [5.74, 6) is -0.0471. The van der Waals surface area contributed by atoms with E-state index in [9.17, 15) is 9.59 Å². The smallest absolute Gasteiger partial charge is 0.410 e. The van der Waals surface area contributed by atoms with Crippen LogP contribution in [-0.2, 0) is 16.1 Å². The molecule has 1 fully saturated rings. The quantitative estimate of drug-likeness (QED) is 0.780. The zero-order valence-corrected chi connectivity index (χ0v) is 16.3. The zero-order chi connectivity index (χ0) is 17.9. The highest BCUT2D eigenvalue weighted by Crippen LogP contribution is 2.24. The molecule has 1 aromatic rings. The van der Waals surface area contributed by atoms with E-state index in [-0.39, 0.29) is 5.91 Å². The van der Waals surface area contributed by atoms with E-state index in [2.05, 4.69) is 15.9 Å². The van der Waals surface area contributed by atoms with Crippen LogP contribution in [0.5, 0.6) is 0 Å². The van der Waals surface area contributed by atoms with Crippen LogP contribution in [0.4, 0.5) is 4.79 Å². The van der Waals surface area contributed by atoms with Gasteiger partial charge in [-0.15, -0.1) is 0 Å². The Morgan fingerprint density at radius 1 is 1.33 bits per heavy atom. The molecule has 0 radical (unpaired) electrons. The maximum atomic E-state index is 12.8. The molecular formula is C18H25BrN2O3. The largest absolute Gasteiger partial charge is 0.444 e. The van der Waals surface area contributed by atoms with Crippen LogP contribution in [0.25, 0.3) is 0 Å². The topological polar surface area (TPSA) is 49.9 Å².